The Balaban J connectivity index is 0.000000146. The second kappa shape index (κ2) is 6.41. The minimum Gasteiger partial charge on any atom is -0.306 e. The molecule has 0 unspecified atom stereocenters. The number of nitrogens with zero attached hydrogens (tertiary/aromatic N) is 2. The van der Waals surface area contributed by atoms with Crippen LogP contribution in [0.15, 0.2) is 0 Å². The van der Waals surface area contributed by atoms with Gasteiger partial charge in [0.25, 0.3) is 0 Å². The average molecular weight is 198 g/mol. The van der Waals surface area contributed by atoms with E-state index in [1.165, 1.54) is 51.9 Å². The Morgan fingerprint density at radius 2 is 1.21 bits per heavy atom. The maximum atomic E-state index is 2.53. The van der Waals surface area contributed by atoms with Crippen LogP contribution < -0.4 is 0 Å². The van der Waals surface area contributed by atoms with Gasteiger partial charge in [0.1, 0.15) is 0 Å². The molecule has 2 saturated heterocycles. The maximum Gasteiger partial charge on any atom is 0.00385 e. The highest BCUT2D eigenvalue weighted by Gasteiger charge is 2.13. The molecule has 0 aliphatic carbocycles. The van der Waals surface area contributed by atoms with Gasteiger partial charge in [0.05, 0.1) is 0 Å². The fraction of sp³-hybridized carbons (Fsp3) is 1.00. The Morgan fingerprint density at radius 3 is 1.43 bits per heavy atom. The van der Waals surface area contributed by atoms with Crippen molar-refractivity contribution in [3.63, 3.8) is 0 Å². The highest BCUT2D eigenvalue weighted by atomic mass is 15.2. The van der Waals surface area contributed by atoms with Crippen LogP contribution in [-0.2, 0) is 0 Å². The molecule has 2 fully saturated rings. The topological polar surface area (TPSA) is 6.48 Å². The third-order valence-corrected chi connectivity index (χ3v) is 3.20. The van der Waals surface area contributed by atoms with Gasteiger partial charge in [-0.05, 0) is 72.8 Å². The van der Waals surface area contributed by atoms with Crippen molar-refractivity contribution in [2.75, 3.05) is 33.2 Å². The van der Waals surface area contributed by atoms with Crippen molar-refractivity contribution < 1.29 is 0 Å². The average Bonchev–Trinajstić information content (AvgIpc) is 2.75. The van der Waals surface area contributed by atoms with Crippen molar-refractivity contribution in [2.24, 2.45) is 0 Å². The van der Waals surface area contributed by atoms with E-state index in [9.17, 15) is 0 Å². The Labute approximate surface area is 89.3 Å². The van der Waals surface area contributed by atoms with Crippen molar-refractivity contribution in [1.82, 2.24) is 9.80 Å². The normalized spacial score (nSPS) is 24.0. The zero-order chi connectivity index (χ0) is 10.4. The number of rotatable bonds is 1. The van der Waals surface area contributed by atoms with Crippen molar-refractivity contribution in [2.45, 2.75) is 45.6 Å². The van der Waals surface area contributed by atoms with Gasteiger partial charge in [-0.2, -0.15) is 0 Å². The molecule has 2 heteroatoms. The molecule has 0 bridgehead atoms. The lowest BCUT2D eigenvalue weighted by Gasteiger charge is -2.18. The van der Waals surface area contributed by atoms with Crippen LogP contribution in [0, 0.1) is 0 Å². The predicted octanol–water partition coefficient (Wildman–Crippen LogP) is 2.20. The summed E-state index contributed by atoms with van der Waals surface area (Å²) in [4.78, 5) is 4.89. The molecule has 0 amide bonds. The van der Waals surface area contributed by atoms with Crippen LogP contribution in [-0.4, -0.2) is 49.1 Å². The first-order valence-electron chi connectivity index (χ1n) is 6.13. The second-order valence-corrected chi connectivity index (χ2v) is 4.85. The molecule has 0 saturated carbocycles. The molecule has 0 radical (unpaired) electrons. The largest absolute Gasteiger partial charge is 0.306 e. The van der Waals surface area contributed by atoms with Gasteiger partial charge in [-0.25, -0.2) is 0 Å². The summed E-state index contributed by atoms with van der Waals surface area (Å²) in [6.45, 7) is 9.84. The quantitative estimate of drug-likeness (QED) is 0.637. The molecule has 2 rings (SSSR count). The van der Waals surface area contributed by atoms with Crippen LogP contribution in [0.4, 0.5) is 0 Å². The third-order valence-electron chi connectivity index (χ3n) is 3.20. The van der Waals surface area contributed by atoms with E-state index in [4.69, 9.17) is 0 Å². The highest BCUT2D eigenvalue weighted by molar-refractivity contribution is 4.68. The van der Waals surface area contributed by atoms with E-state index in [-0.39, 0.29) is 0 Å². The van der Waals surface area contributed by atoms with E-state index in [1.807, 2.05) is 0 Å². The van der Waals surface area contributed by atoms with Gasteiger partial charge in [0.15, 0.2) is 0 Å². The molecule has 0 aromatic carbocycles. The van der Waals surface area contributed by atoms with Crippen molar-refractivity contribution >= 4 is 0 Å². The van der Waals surface area contributed by atoms with Gasteiger partial charge >= 0.3 is 0 Å². The number of hydrogen-bond acceptors (Lipinski definition) is 2. The van der Waals surface area contributed by atoms with Crippen molar-refractivity contribution in [3.05, 3.63) is 0 Å². The number of likely N-dealkylation sites (tertiary alicyclic amines) is 2. The Hall–Kier alpha value is -0.0800. The first-order valence-corrected chi connectivity index (χ1v) is 6.13. The molecule has 0 aromatic rings. The fourth-order valence-corrected chi connectivity index (χ4v) is 2.13. The molecule has 2 heterocycles. The Kier molecular flexibility index (Phi) is 5.49. The van der Waals surface area contributed by atoms with Gasteiger partial charge in [-0.1, -0.05) is 0 Å². The fourth-order valence-electron chi connectivity index (χ4n) is 2.13. The molecule has 0 N–H and O–H groups in total. The first kappa shape index (κ1) is 12.0. The molecule has 0 aromatic heterocycles. The summed E-state index contributed by atoms with van der Waals surface area (Å²) >= 11 is 0. The summed E-state index contributed by atoms with van der Waals surface area (Å²) in [7, 11) is 2.17. The van der Waals surface area contributed by atoms with Crippen molar-refractivity contribution in [1.29, 1.82) is 0 Å². The van der Waals surface area contributed by atoms with Crippen LogP contribution in [0.2, 0.25) is 0 Å². The summed E-state index contributed by atoms with van der Waals surface area (Å²) in [6, 6.07) is 0.775. The van der Waals surface area contributed by atoms with Gasteiger partial charge in [-0.3, -0.25) is 0 Å². The molecule has 84 valence electrons. The molecular weight excluding hydrogens is 172 g/mol. The van der Waals surface area contributed by atoms with Crippen LogP contribution in [0.25, 0.3) is 0 Å². The van der Waals surface area contributed by atoms with Gasteiger partial charge < -0.3 is 9.80 Å². The lowest BCUT2D eigenvalue weighted by atomic mass is 10.3. The molecule has 14 heavy (non-hydrogen) atoms. The van der Waals surface area contributed by atoms with E-state index in [1.54, 1.807) is 0 Å². The maximum absolute atomic E-state index is 2.53. The predicted molar refractivity (Wildman–Crippen MR) is 62.7 cm³/mol. The van der Waals surface area contributed by atoms with Gasteiger partial charge in [-0.15, -0.1) is 0 Å². The van der Waals surface area contributed by atoms with Crippen LogP contribution in [0.3, 0.4) is 0 Å². The minimum atomic E-state index is 0.775. The molecular formula is C12H26N2. The summed E-state index contributed by atoms with van der Waals surface area (Å²) in [6.07, 6.45) is 5.66. The first-order chi connectivity index (χ1) is 6.70. The molecule has 0 spiro atoms. The Morgan fingerprint density at radius 1 is 0.786 bits per heavy atom. The highest BCUT2D eigenvalue weighted by Crippen LogP contribution is 2.09. The summed E-state index contributed by atoms with van der Waals surface area (Å²) in [5.41, 5.74) is 0. The van der Waals surface area contributed by atoms with Crippen LogP contribution in [0.5, 0.6) is 0 Å². The van der Waals surface area contributed by atoms with Gasteiger partial charge in [0.2, 0.25) is 0 Å². The molecule has 0 atom stereocenters. The zero-order valence-corrected chi connectivity index (χ0v) is 10.1. The number of hydrogen-bond donors (Lipinski definition) is 0. The summed E-state index contributed by atoms with van der Waals surface area (Å²) < 4.78 is 0. The Bertz CT molecular complexity index is 133. The third kappa shape index (κ3) is 4.43. The van der Waals surface area contributed by atoms with Crippen molar-refractivity contribution in [3.8, 4) is 0 Å². The standard InChI is InChI=1S/C7H15N.C5H11N/c1-7(2)8-5-3-4-6-8;1-6-4-2-3-5-6/h7H,3-6H2,1-2H3;2-5H2,1H3. The molecule has 2 aliphatic rings. The van der Waals surface area contributed by atoms with Crippen LogP contribution >= 0.6 is 0 Å². The summed E-state index contributed by atoms with van der Waals surface area (Å²) in [5.74, 6) is 0. The van der Waals surface area contributed by atoms with E-state index < -0.39 is 0 Å². The molecule has 2 nitrogen and oxygen atoms in total. The van der Waals surface area contributed by atoms with Gasteiger partial charge in [0, 0.05) is 6.04 Å². The summed E-state index contributed by atoms with van der Waals surface area (Å²) in [5, 5.41) is 0. The second-order valence-electron chi connectivity index (χ2n) is 4.85. The van der Waals surface area contributed by atoms with E-state index in [0.29, 0.717) is 0 Å². The minimum absolute atomic E-state index is 0.775. The zero-order valence-electron chi connectivity index (χ0n) is 10.1. The smallest absolute Gasteiger partial charge is 0.00385 e. The lowest BCUT2D eigenvalue weighted by Crippen LogP contribution is -2.26. The monoisotopic (exact) mass is 198 g/mol. The van der Waals surface area contributed by atoms with E-state index in [2.05, 4.69) is 30.7 Å². The van der Waals surface area contributed by atoms with E-state index in [0.717, 1.165) is 6.04 Å². The van der Waals surface area contributed by atoms with Crippen LogP contribution in [0.1, 0.15) is 39.5 Å². The lowest BCUT2D eigenvalue weighted by molar-refractivity contribution is 0.276. The van der Waals surface area contributed by atoms with E-state index >= 15 is 0 Å². The molecule has 2 aliphatic heterocycles. The SMILES string of the molecule is CC(C)N1CCCC1.CN1CCCC1.